The molecule has 0 spiro atoms. The summed E-state index contributed by atoms with van der Waals surface area (Å²) in [6, 6.07) is 1.77. The molecule has 0 aliphatic carbocycles. The Kier molecular flexibility index (Phi) is 3.52. The van der Waals surface area contributed by atoms with Crippen molar-refractivity contribution in [3.05, 3.63) is 28.3 Å². The van der Waals surface area contributed by atoms with Crippen molar-refractivity contribution in [1.82, 2.24) is 14.9 Å². The maximum atomic E-state index is 12.5. The van der Waals surface area contributed by atoms with Crippen LogP contribution in [0.1, 0.15) is 28.8 Å². The number of H-pyrrole nitrogens is 1. The van der Waals surface area contributed by atoms with Crippen molar-refractivity contribution in [1.29, 1.82) is 0 Å². The lowest BCUT2D eigenvalue weighted by Gasteiger charge is -2.19. The minimum absolute atomic E-state index is 0.164. The number of likely N-dealkylation sites (tertiary alicyclic amines) is 1. The molecule has 116 valence electrons. The average molecular weight is 319 g/mol. The lowest BCUT2D eigenvalue weighted by Crippen LogP contribution is -2.35. The number of aromatic amines is 1. The van der Waals surface area contributed by atoms with Gasteiger partial charge in [0.05, 0.1) is 16.1 Å². The molecule has 7 heteroatoms. The predicted octanol–water partition coefficient (Wildman–Crippen LogP) is 2.38. The van der Waals surface area contributed by atoms with Gasteiger partial charge in [0, 0.05) is 30.2 Å². The molecule has 1 aliphatic rings. The van der Waals surface area contributed by atoms with Gasteiger partial charge in [0.1, 0.15) is 5.69 Å². The van der Waals surface area contributed by atoms with E-state index in [4.69, 9.17) is 0 Å². The van der Waals surface area contributed by atoms with Crippen molar-refractivity contribution < 1.29 is 14.7 Å². The molecule has 3 rings (SSSR count). The van der Waals surface area contributed by atoms with Gasteiger partial charge < -0.3 is 15.0 Å². The average Bonchev–Trinajstić information content (AvgIpc) is 3.17. The van der Waals surface area contributed by atoms with Gasteiger partial charge in [0.15, 0.2) is 0 Å². The normalized spacial score (nSPS) is 21.3. The van der Waals surface area contributed by atoms with Gasteiger partial charge in [-0.05, 0) is 26.3 Å². The van der Waals surface area contributed by atoms with E-state index in [0.29, 0.717) is 18.7 Å². The molecule has 0 aromatic carbocycles. The minimum Gasteiger partial charge on any atom is -0.481 e. The number of hydrogen-bond acceptors (Lipinski definition) is 4. The molecular formula is C15H17N3O3S. The van der Waals surface area contributed by atoms with Crippen LogP contribution in [-0.4, -0.2) is 44.9 Å². The zero-order chi connectivity index (χ0) is 15.9. The van der Waals surface area contributed by atoms with Gasteiger partial charge in [-0.15, -0.1) is 11.3 Å². The van der Waals surface area contributed by atoms with E-state index in [2.05, 4.69) is 9.97 Å². The number of carboxylic acid groups (broad SMARTS) is 1. The number of nitrogens with one attached hydrogen (secondary N) is 1. The summed E-state index contributed by atoms with van der Waals surface area (Å²) in [6.45, 7) is 4.32. The minimum atomic E-state index is -0.854. The summed E-state index contributed by atoms with van der Waals surface area (Å²) in [7, 11) is 0. The molecule has 1 unspecified atom stereocenters. The number of carboxylic acids is 1. The Morgan fingerprint density at radius 3 is 2.86 bits per heavy atom. The Morgan fingerprint density at radius 1 is 1.50 bits per heavy atom. The quantitative estimate of drug-likeness (QED) is 0.909. The maximum absolute atomic E-state index is 12.5. The Bertz CT molecular complexity index is 736. The smallest absolute Gasteiger partial charge is 0.311 e. The van der Waals surface area contributed by atoms with E-state index in [1.165, 1.54) is 0 Å². The number of carbonyl (C=O) groups excluding carboxylic acids is 1. The number of aliphatic carboxylic acids is 1. The van der Waals surface area contributed by atoms with Crippen LogP contribution in [0.25, 0.3) is 11.3 Å². The molecule has 2 aromatic rings. The van der Waals surface area contributed by atoms with Crippen LogP contribution < -0.4 is 0 Å². The van der Waals surface area contributed by atoms with Gasteiger partial charge in [0.25, 0.3) is 5.91 Å². The summed E-state index contributed by atoms with van der Waals surface area (Å²) in [5.74, 6) is -1.02. The second-order valence-corrected chi connectivity index (χ2v) is 6.96. The molecule has 1 aliphatic heterocycles. The fraction of sp³-hybridized carbons (Fsp3) is 0.400. The molecule has 0 saturated carbocycles. The third kappa shape index (κ3) is 2.52. The second kappa shape index (κ2) is 5.24. The van der Waals surface area contributed by atoms with Crippen LogP contribution in [-0.2, 0) is 4.79 Å². The summed E-state index contributed by atoms with van der Waals surface area (Å²) in [4.78, 5) is 32.7. The van der Waals surface area contributed by atoms with E-state index < -0.39 is 11.4 Å². The van der Waals surface area contributed by atoms with Crippen LogP contribution >= 0.6 is 11.3 Å². The van der Waals surface area contributed by atoms with Crippen molar-refractivity contribution in [2.24, 2.45) is 5.41 Å². The van der Waals surface area contributed by atoms with Crippen molar-refractivity contribution in [3.63, 3.8) is 0 Å². The van der Waals surface area contributed by atoms with Gasteiger partial charge in [-0.25, -0.2) is 4.98 Å². The van der Waals surface area contributed by atoms with Crippen molar-refractivity contribution in [2.75, 3.05) is 13.1 Å². The maximum Gasteiger partial charge on any atom is 0.311 e. The van der Waals surface area contributed by atoms with Gasteiger partial charge in [-0.2, -0.15) is 0 Å². The topological polar surface area (TPSA) is 86.3 Å². The third-order valence-electron chi connectivity index (χ3n) is 4.11. The number of thiazole rings is 1. The number of aryl methyl sites for hydroxylation is 1. The first kappa shape index (κ1) is 14.8. The Morgan fingerprint density at radius 2 is 2.27 bits per heavy atom. The van der Waals surface area contributed by atoms with Crippen LogP contribution in [0, 0.1) is 12.3 Å². The van der Waals surface area contributed by atoms with E-state index >= 15 is 0 Å². The van der Waals surface area contributed by atoms with Crippen LogP contribution in [0.5, 0.6) is 0 Å². The summed E-state index contributed by atoms with van der Waals surface area (Å²) >= 11 is 1.56. The van der Waals surface area contributed by atoms with E-state index in [1.807, 2.05) is 12.3 Å². The van der Waals surface area contributed by atoms with E-state index in [1.54, 1.807) is 35.4 Å². The third-order valence-corrected chi connectivity index (χ3v) is 4.88. The Balaban J connectivity index is 1.77. The molecule has 2 aromatic heterocycles. The molecule has 2 N–H and O–H groups in total. The zero-order valence-electron chi connectivity index (χ0n) is 12.4. The molecule has 1 atom stereocenters. The number of rotatable bonds is 3. The predicted molar refractivity (Wildman–Crippen MR) is 82.9 cm³/mol. The Hall–Kier alpha value is -2.15. The molecule has 3 heterocycles. The number of carbonyl (C=O) groups is 2. The van der Waals surface area contributed by atoms with Crippen molar-refractivity contribution >= 4 is 23.2 Å². The SMILES string of the molecule is Cc1nc(-c2c[nH]c(C(=O)N3CCC(C)(C(=O)O)C3)c2)cs1. The fourth-order valence-corrected chi connectivity index (χ4v) is 3.26. The van der Waals surface area contributed by atoms with Gasteiger partial charge in [-0.1, -0.05) is 0 Å². The molecule has 1 amide bonds. The standard InChI is InChI=1S/C15H17N3O3S/c1-9-17-12(7-22-9)10-5-11(16-6-10)13(19)18-4-3-15(2,8-18)14(20)21/h5-7,16H,3-4,8H2,1-2H3,(H,20,21). The van der Waals surface area contributed by atoms with E-state index in [9.17, 15) is 14.7 Å². The number of hydrogen-bond donors (Lipinski definition) is 2. The molecule has 1 saturated heterocycles. The molecular weight excluding hydrogens is 302 g/mol. The van der Waals surface area contributed by atoms with Crippen molar-refractivity contribution in [3.8, 4) is 11.3 Å². The lowest BCUT2D eigenvalue weighted by molar-refractivity contribution is -0.147. The highest BCUT2D eigenvalue weighted by Crippen LogP contribution is 2.31. The molecule has 22 heavy (non-hydrogen) atoms. The van der Waals surface area contributed by atoms with Gasteiger partial charge in [0.2, 0.25) is 0 Å². The summed E-state index contributed by atoms with van der Waals surface area (Å²) in [5, 5.41) is 12.2. The number of nitrogens with zero attached hydrogens (tertiary/aromatic N) is 2. The first-order valence-electron chi connectivity index (χ1n) is 7.03. The molecule has 0 bridgehead atoms. The largest absolute Gasteiger partial charge is 0.481 e. The molecule has 6 nitrogen and oxygen atoms in total. The van der Waals surface area contributed by atoms with Crippen LogP contribution in [0.2, 0.25) is 0 Å². The van der Waals surface area contributed by atoms with E-state index in [0.717, 1.165) is 16.3 Å². The molecule has 1 fully saturated rings. The highest BCUT2D eigenvalue weighted by atomic mass is 32.1. The highest BCUT2D eigenvalue weighted by Gasteiger charge is 2.42. The monoisotopic (exact) mass is 319 g/mol. The van der Waals surface area contributed by atoms with Gasteiger partial charge in [-0.3, -0.25) is 9.59 Å². The Labute approximate surface area is 131 Å². The lowest BCUT2D eigenvalue weighted by atomic mass is 9.90. The number of aromatic nitrogens is 2. The van der Waals surface area contributed by atoms with Crippen LogP contribution in [0.4, 0.5) is 0 Å². The second-order valence-electron chi connectivity index (χ2n) is 5.90. The number of amides is 1. The molecule has 0 radical (unpaired) electrons. The first-order valence-corrected chi connectivity index (χ1v) is 7.91. The summed E-state index contributed by atoms with van der Waals surface area (Å²) < 4.78 is 0. The van der Waals surface area contributed by atoms with Gasteiger partial charge >= 0.3 is 5.97 Å². The zero-order valence-corrected chi connectivity index (χ0v) is 13.2. The van der Waals surface area contributed by atoms with Crippen LogP contribution in [0.3, 0.4) is 0 Å². The highest BCUT2D eigenvalue weighted by molar-refractivity contribution is 7.09. The van der Waals surface area contributed by atoms with Crippen molar-refractivity contribution in [2.45, 2.75) is 20.3 Å². The summed E-state index contributed by atoms with van der Waals surface area (Å²) in [5.41, 5.74) is 1.33. The summed E-state index contributed by atoms with van der Waals surface area (Å²) in [6.07, 6.45) is 2.24. The first-order chi connectivity index (χ1) is 10.4. The van der Waals surface area contributed by atoms with E-state index in [-0.39, 0.29) is 12.5 Å². The van der Waals surface area contributed by atoms with Crippen LogP contribution in [0.15, 0.2) is 17.6 Å². The fourth-order valence-electron chi connectivity index (χ4n) is 2.64.